The fourth-order valence-electron chi connectivity index (χ4n) is 3.93. The number of amides is 3. The van der Waals surface area contributed by atoms with Crippen LogP contribution in [0.3, 0.4) is 0 Å². The SMILES string of the molecule is CC(C)(C)OC(=O)NCc1cccc(NC(=O)[C@H](NC(=O)OCc2ccccc2)C2CCNCC2)c1. The van der Waals surface area contributed by atoms with Gasteiger partial charge in [-0.15, -0.1) is 0 Å². The van der Waals surface area contributed by atoms with Gasteiger partial charge in [-0.25, -0.2) is 9.59 Å². The van der Waals surface area contributed by atoms with E-state index in [2.05, 4.69) is 21.3 Å². The summed E-state index contributed by atoms with van der Waals surface area (Å²) >= 11 is 0. The highest BCUT2D eigenvalue weighted by Gasteiger charge is 2.31. The lowest BCUT2D eigenvalue weighted by molar-refractivity contribution is -0.119. The lowest BCUT2D eigenvalue weighted by Gasteiger charge is -2.30. The Morgan fingerprint density at radius 1 is 0.972 bits per heavy atom. The third-order valence-electron chi connectivity index (χ3n) is 5.65. The van der Waals surface area contributed by atoms with Gasteiger partial charge in [-0.2, -0.15) is 0 Å². The van der Waals surface area contributed by atoms with E-state index in [4.69, 9.17) is 9.47 Å². The number of hydrogen-bond acceptors (Lipinski definition) is 6. The summed E-state index contributed by atoms with van der Waals surface area (Å²) in [5.74, 6) is -0.330. The molecule has 1 saturated heterocycles. The smallest absolute Gasteiger partial charge is 0.408 e. The van der Waals surface area contributed by atoms with Crippen LogP contribution in [0.25, 0.3) is 0 Å². The number of nitrogens with one attached hydrogen (secondary N) is 4. The highest BCUT2D eigenvalue weighted by molar-refractivity contribution is 5.96. The van der Waals surface area contributed by atoms with Crippen LogP contribution in [0.1, 0.15) is 44.7 Å². The van der Waals surface area contributed by atoms with Gasteiger partial charge in [0.25, 0.3) is 0 Å². The fraction of sp³-hybridized carbons (Fsp3) is 0.444. The van der Waals surface area contributed by atoms with Gasteiger partial charge in [-0.05, 0) is 75.9 Å². The van der Waals surface area contributed by atoms with Gasteiger partial charge in [0.05, 0.1) is 0 Å². The monoisotopic (exact) mass is 496 g/mol. The number of carbonyl (C=O) groups excluding carboxylic acids is 3. The van der Waals surface area contributed by atoms with Gasteiger partial charge in [0.15, 0.2) is 0 Å². The minimum Gasteiger partial charge on any atom is -0.445 e. The van der Waals surface area contributed by atoms with Gasteiger partial charge < -0.3 is 30.7 Å². The number of rotatable bonds is 8. The Labute approximate surface area is 212 Å². The van der Waals surface area contributed by atoms with Crippen molar-refractivity contribution in [1.29, 1.82) is 0 Å². The molecule has 1 fully saturated rings. The van der Waals surface area contributed by atoms with E-state index in [1.54, 1.807) is 39.0 Å². The highest BCUT2D eigenvalue weighted by atomic mass is 16.6. The molecule has 0 unspecified atom stereocenters. The van der Waals surface area contributed by atoms with Crippen LogP contribution in [0.5, 0.6) is 0 Å². The summed E-state index contributed by atoms with van der Waals surface area (Å²) in [6.45, 7) is 7.33. The first-order valence-corrected chi connectivity index (χ1v) is 12.2. The summed E-state index contributed by atoms with van der Waals surface area (Å²) in [6.07, 6.45) is 0.377. The number of anilines is 1. The van der Waals surface area contributed by atoms with Crippen LogP contribution < -0.4 is 21.3 Å². The van der Waals surface area contributed by atoms with Crippen LogP contribution >= 0.6 is 0 Å². The molecule has 1 heterocycles. The van der Waals surface area contributed by atoms with Crippen molar-refractivity contribution >= 4 is 23.8 Å². The molecule has 2 aromatic carbocycles. The van der Waals surface area contributed by atoms with Crippen molar-refractivity contribution in [1.82, 2.24) is 16.0 Å². The quantitative estimate of drug-likeness (QED) is 0.440. The second kappa shape index (κ2) is 12.9. The molecule has 4 N–H and O–H groups in total. The first-order valence-electron chi connectivity index (χ1n) is 12.2. The average molecular weight is 497 g/mol. The Hall–Kier alpha value is -3.59. The minimum atomic E-state index is -0.737. The molecule has 0 aromatic heterocycles. The molecule has 9 heteroatoms. The van der Waals surface area contributed by atoms with Crippen molar-refractivity contribution in [3.63, 3.8) is 0 Å². The molecular formula is C27H36N4O5. The van der Waals surface area contributed by atoms with Crippen LogP contribution in [0.2, 0.25) is 0 Å². The summed E-state index contributed by atoms with van der Waals surface area (Å²) in [5.41, 5.74) is 1.65. The summed E-state index contributed by atoms with van der Waals surface area (Å²) in [6, 6.07) is 15.8. The van der Waals surface area contributed by atoms with E-state index in [-0.39, 0.29) is 25.0 Å². The van der Waals surface area contributed by atoms with Crippen molar-refractivity contribution < 1.29 is 23.9 Å². The van der Waals surface area contributed by atoms with Crippen molar-refractivity contribution in [3.8, 4) is 0 Å². The lowest BCUT2D eigenvalue weighted by atomic mass is 9.89. The molecule has 1 aliphatic rings. The minimum absolute atomic E-state index is 0.0208. The zero-order chi connectivity index (χ0) is 26.0. The Morgan fingerprint density at radius 2 is 1.67 bits per heavy atom. The number of piperidine rings is 1. The first-order chi connectivity index (χ1) is 17.2. The molecule has 0 saturated carbocycles. The lowest BCUT2D eigenvalue weighted by Crippen LogP contribution is -2.51. The van der Waals surface area contributed by atoms with Gasteiger partial charge >= 0.3 is 12.2 Å². The van der Waals surface area contributed by atoms with Crippen LogP contribution in [0.4, 0.5) is 15.3 Å². The van der Waals surface area contributed by atoms with Crippen molar-refractivity contribution in [2.75, 3.05) is 18.4 Å². The molecule has 194 valence electrons. The molecule has 2 aromatic rings. The van der Waals surface area contributed by atoms with E-state index < -0.39 is 23.8 Å². The van der Waals surface area contributed by atoms with E-state index >= 15 is 0 Å². The van der Waals surface area contributed by atoms with Crippen molar-refractivity contribution in [3.05, 3.63) is 65.7 Å². The summed E-state index contributed by atoms with van der Waals surface area (Å²) in [4.78, 5) is 37.8. The summed E-state index contributed by atoms with van der Waals surface area (Å²) in [7, 11) is 0. The normalized spacial score (nSPS) is 14.9. The van der Waals surface area contributed by atoms with E-state index in [1.807, 2.05) is 36.4 Å². The Balaban J connectivity index is 1.60. The number of alkyl carbamates (subject to hydrolysis) is 2. The van der Waals surface area contributed by atoms with E-state index in [1.165, 1.54) is 0 Å². The summed E-state index contributed by atoms with van der Waals surface area (Å²) < 4.78 is 10.6. The second-order valence-electron chi connectivity index (χ2n) is 9.82. The average Bonchev–Trinajstić information content (AvgIpc) is 2.85. The predicted octanol–water partition coefficient (Wildman–Crippen LogP) is 3.94. The van der Waals surface area contributed by atoms with Gasteiger partial charge in [0, 0.05) is 12.2 Å². The van der Waals surface area contributed by atoms with E-state index in [0.717, 1.165) is 37.1 Å². The third kappa shape index (κ3) is 9.22. The standard InChI is InChI=1S/C27H36N4O5/c1-27(2,3)36-25(33)29-17-20-10-7-11-22(16-20)30-24(32)23(21-12-14-28-15-13-21)31-26(34)35-18-19-8-5-4-6-9-19/h4-11,16,21,23,28H,12-15,17-18H2,1-3H3,(H,29,33)(H,30,32)(H,31,34)/t23-/m1/s1. The maximum Gasteiger partial charge on any atom is 0.408 e. The Bertz CT molecular complexity index is 1020. The van der Waals surface area contributed by atoms with Gasteiger partial charge in [0.2, 0.25) is 5.91 Å². The molecule has 3 amide bonds. The predicted molar refractivity (Wildman–Crippen MR) is 137 cm³/mol. The largest absolute Gasteiger partial charge is 0.445 e. The Morgan fingerprint density at radius 3 is 2.36 bits per heavy atom. The van der Waals surface area contributed by atoms with Gasteiger partial charge in [-0.3, -0.25) is 4.79 Å². The van der Waals surface area contributed by atoms with Gasteiger partial charge in [-0.1, -0.05) is 42.5 Å². The molecule has 3 rings (SSSR count). The molecule has 0 spiro atoms. The molecule has 1 atom stereocenters. The third-order valence-corrected chi connectivity index (χ3v) is 5.65. The van der Waals surface area contributed by atoms with Crippen LogP contribution in [-0.4, -0.2) is 42.8 Å². The maximum atomic E-state index is 13.3. The molecule has 0 radical (unpaired) electrons. The molecule has 0 bridgehead atoms. The topological polar surface area (TPSA) is 118 Å². The van der Waals surface area contributed by atoms with Crippen LogP contribution in [0.15, 0.2) is 54.6 Å². The zero-order valence-electron chi connectivity index (χ0n) is 21.1. The second-order valence-corrected chi connectivity index (χ2v) is 9.82. The number of carbonyl (C=O) groups is 3. The van der Waals surface area contributed by atoms with E-state index in [9.17, 15) is 14.4 Å². The van der Waals surface area contributed by atoms with Crippen LogP contribution in [0, 0.1) is 5.92 Å². The maximum absolute atomic E-state index is 13.3. The molecule has 9 nitrogen and oxygen atoms in total. The van der Waals surface area contributed by atoms with Crippen LogP contribution in [-0.2, 0) is 27.4 Å². The number of ether oxygens (including phenoxy) is 2. The molecular weight excluding hydrogens is 460 g/mol. The molecule has 0 aliphatic carbocycles. The fourth-order valence-corrected chi connectivity index (χ4v) is 3.93. The molecule has 36 heavy (non-hydrogen) atoms. The zero-order valence-corrected chi connectivity index (χ0v) is 21.1. The van der Waals surface area contributed by atoms with Gasteiger partial charge in [0.1, 0.15) is 18.2 Å². The summed E-state index contributed by atoms with van der Waals surface area (Å²) in [5, 5.41) is 11.7. The number of benzene rings is 2. The Kier molecular flexibility index (Phi) is 9.69. The highest BCUT2D eigenvalue weighted by Crippen LogP contribution is 2.19. The first kappa shape index (κ1) is 27.0. The number of hydrogen-bond donors (Lipinski definition) is 4. The van der Waals surface area contributed by atoms with Crippen molar-refractivity contribution in [2.24, 2.45) is 5.92 Å². The van der Waals surface area contributed by atoms with Crippen molar-refractivity contribution in [2.45, 2.75) is 58.4 Å². The van der Waals surface area contributed by atoms with E-state index in [0.29, 0.717) is 5.69 Å². The molecule has 1 aliphatic heterocycles.